The molecule has 1 aliphatic heterocycles. The van der Waals surface area contributed by atoms with E-state index in [4.69, 9.17) is 0 Å². The lowest BCUT2D eigenvalue weighted by atomic mass is 10.0. The molecule has 2 aromatic carbocycles. The van der Waals surface area contributed by atoms with Crippen LogP contribution in [0.2, 0.25) is 0 Å². The first-order valence-corrected chi connectivity index (χ1v) is 9.13. The molecule has 1 aliphatic rings. The lowest BCUT2D eigenvalue weighted by molar-refractivity contribution is -0.132. The Kier molecular flexibility index (Phi) is 4.71. The van der Waals surface area contributed by atoms with Gasteiger partial charge in [-0.15, -0.1) is 0 Å². The zero-order valence-corrected chi connectivity index (χ0v) is 14.8. The summed E-state index contributed by atoms with van der Waals surface area (Å²) in [5.74, 6) is -0.262. The summed E-state index contributed by atoms with van der Waals surface area (Å²) in [6.07, 6.45) is 3.32. The van der Waals surface area contributed by atoms with Crippen LogP contribution in [0.4, 0.5) is 4.39 Å². The number of aromatic nitrogens is 2. The van der Waals surface area contributed by atoms with Gasteiger partial charge in [-0.1, -0.05) is 24.3 Å². The molecule has 5 nitrogen and oxygen atoms in total. The van der Waals surface area contributed by atoms with Gasteiger partial charge in [-0.25, -0.2) is 4.39 Å². The molecule has 0 aliphatic carbocycles. The lowest BCUT2D eigenvalue weighted by Gasteiger charge is -2.25. The van der Waals surface area contributed by atoms with Gasteiger partial charge in [0.15, 0.2) is 0 Å². The fraction of sp³-hybridized carbons (Fsp3) is 0.286. The third-order valence-corrected chi connectivity index (χ3v) is 5.11. The number of rotatable bonds is 4. The van der Waals surface area contributed by atoms with Crippen molar-refractivity contribution in [1.82, 2.24) is 14.7 Å². The van der Waals surface area contributed by atoms with E-state index >= 15 is 0 Å². The van der Waals surface area contributed by atoms with E-state index in [-0.39, 0.29) is 29.6 Å². The molecule has 1 saturated heterocycles. The Labute approximate surface area is 156 Å². The fourth-order valence-electron chi connectivity index (χ4n) is 3.81. The zero-order valence-electron chi connectivity index (χ0n) is 14.8. The van der Waals surface area contributed by atoms with Gasteiger partial charge in [-0.3, -0.25) is 14.3 Å². The van der Waals surface area contributed by atoms with Gasteiger partial charge in [0, 0.05) is 18.4 Å². The summed E-state index contributed by atoms with van der Waals surface area (Å²) < 4.78 is 15.3. The molecule has 0 bridgehead atoms. The molecular formula is C21H20FN3O2. The number of benzene rings is 2. The number of halogens is 1. The van der Waals surface area contributed by atoms with Crippen LogP contribution in [0.25, 0.3) is 10.9 Å². The first-order chi connectivity index (χ1) is 13.1. The van der Waals surface area contributed by atoms with Crippen molar-refractivity contribution < 1.29 is 9.18 Å². The summed E-state index contributed by atoms with van der Waals surface area (Å²) in [6, 6.07) is 13.7. The van der Waals surface area contributed by atoms with Gasteiger partial charge >= 0.3 is 0 Å². The molecule has 1 aromatic heterocycles. The Morgan fingerprint density at radius 3 is 2.89 bits per heavy atom. The van der Waals surface area contributed by atoms with Gasteiger partial charge in [0.2, 0.25) is 11.3 Å². The average Bonchev–Trinajstić information content (AvgIpc) is 3.17. The van der Waals surface area contributed by atoms with Gasteiger partial charge in [-0.05, 0) is 42.7 Å². The predicted molar refractivity (Wildman–Crippen MR) is 101 cm³/mol. The van der Waals surface area contributed by atoms with Crippen molar-refractivity contribution in [2.75, 3.05) is 6.54 Å². The third-order valence-electron chi connectivity index (χ3n) is 5.11. The van der Waals surface area contributed by atoms with Crippen molar-refractivity contribution in [3.8, 4) is 0 Å². The topological polar surface area (TPSA) is 55.2 Å². The number of carbonyl (C=O) groups excluding carboxylic acids is 1. The van der Waals surface area contributed by atoms with Crippen LogP contribution >= 0.6 is 0 Å². The summed E-state index contributed by atoms with van der Waals surface area (Å²) in [5, 5.41) is 4.77. The molecule has 1 unspecified atom stereocenters. The quantitative estimate of drug-likeness (QED) is 0.713. The van der Waals surface area contributed by atoms with E-state index in [1.54, 1.807) is 16.8 Å². The van der Waals surface area contributed by atoms with E-state index in [1.165, 1.54) is 18.3 Å². The van der Waals surface area contributed by atoms with E-state index in [1.807, 2.05) is 29.2 Å². The molecule has 0 spiro atoms. The van der Waals surface area contributed by atoms with E-state index in [0.717, 1.165) is 23.9 Å². The second-order valence-corrected chi connectivity index (χ2v) is 6.80. The van der Waals surface area contributed by atoms with Crippen LogP contribution in [0.15, 0.2) is 59.5 Å². The number of likely N-dealkylation sites (tertiary alicyclic amines) is 1. The number of aryl methyl sites for hydroxylation is 1. The number of para-hydroxylation sites is 1. The SMILES string of the molecule is O=C(CCn1ncc(=O)c2ccccc21)N1CCCC1c1cccc(F)c1. The van der Waals surface area contributed by atoms with Crippen molar-refractivity contribution in [3.63, 3.8) is 0 Å². The average molecular weight is 365 g/mol. The highest BCUT2D eigenvalue weighted by molar-refractivity contribution is 5.79. The van der Waals surface area contributed by atoms with Crippen LogP contribution in [0, 0.1) is 5.82 Å². The number of fused-ring (bicyclic) bond motifs is 1. The molecular weight excluding hydrogens is 345 g/mol. The van der Waals surface area contributed by atoms with E-state index in [2.05, 4.69) is 5.10 Å². The molecule has 6 heteroatoms. The molecule has 1 atom stereocenters. The van der Waals surface area contributed by atoms with E-state index in [0.29, 0.717) is 18.5 Å². The lowest BCUT2D eigenvalue weighted by Crippen LogP contribution is -2.31. The minimum atomic E-state index is -0.282. The predicted octanol–water partition coefficient (Wildman–Crippen LogP) is 3.29. The Morgan fingerprint density at radius 1 is 1.19 bits per heavy atom. The Bertz CT molecular complexity index is 1050. The van der Waals surface area contributed by atoms with E-state index < -0.39 is 0 Å². The molecule has 0 radical (unpaired) electrons. The van der Waals surface area contributed by atoms with Gasteiger partial charge in [-0.2, -0.15) is 5.10 Å². The monoisotopic (exact) mass is 365 g/mol. The van der Waals surface area contributed by atoms with Crippen LogP contribution in [-0.2, 0) is 11.3 Å². The highest BCUT2D eigenvalue weighted by atomic mass is 19.1. The first-order valence-electron chi connectivity index (χ1n) is 9.13. The normalized spacial score (nSPS) is 16.8. The second kappa shape index (κ2) is 7.31. The van der Waals surface area contributed by atoms with Crippen molar-refractivity contribution >= 4 is 16.8 Å². The van der Waals surface area contributed by atoms with Crippen molar-refractivity contribution in [3.05, 3.63) is 76.3 Å². The largest absolute Gasteiger partial charge is 0.336 e. The van der Waals surface area contributed by atoms with E-state index in [9.17, 15) is 14.0 Å². The van der Waals surface area contributed by atoms with Gasteiger partial charge in [0.1, 0.15) is 5.82 Å². The van der Waals surface area contributed by atoms with Gasteiger partial charge < -0.3 is 4.90 Å². The van der Waals surface area contributed by atoms with Crippen LogP contribution in [0.3, 0.4) is 0 Å². The highest BCUT2D eigenvalue weighted by Crippen LogP contribution is 2.32. The molecule has 3 aromatic rings. The minimum absolute atomic E-state index is 0.0198. The number of hydrogen-bond donors (Lipinski definition) is 0. The molecule has 2 heterocycles. The molecule has 1 amide bonds. The molecule has 27 heavy (non-hydrogen) atoms. The van der Waals surface area contributed by atoms with Crippen molar-refractivity contribution in [2.45, 2.75) is 31.8 Å². The molecule has 0 N–H and O–H groups in total. The van der Waals surface area contributed by atoms with Crippen LogP contribution in [0.1, 0.15) is 30.9 Å². The summed E-state index contributed by atoms with van der Waals surface area (Å²) in [5.41, 5.74) is 1.44. The maximum Gasteiger partial charge on any atom is 0.224 e. The first kappa shape index (κ1) is 17.4. The van der Waals surface area contributed by atoms with Crippen molar-refractivity contribution in [1.29, 1.82) is 0 Å². The molecule has 0 saturated carbocycles. The summed E-state index contributed by atoms with van der Waals surface area (Å²) >= 11 is 0. The maximum atomic E-state index is 13.6. The number of hydrogen-bond acceptors (Lipinski definition) is 3. The highest BCUT2D eigenvalue weighted by Gasteiger charge is 2.29. The Morgan fingerprint density at radius 2 is 2.04 bits per heavy atom. The standard InChI is InChI=1S/C21H20FN3O2/c22-16-6-3-5-15(13-16)18-9-4-11-24(18)21(27)10-12-25-19-8-2-1-7-17(19)20(26)14-23-25/h1-3,5-8,13-14,18H,4,9-12H2. The van der Waals surface area contributed by atoms with Crippen LogP contribution < -0.4 is 5.43 Å². The number of amides is 1. The third kappa shape index (κ3) is 3.47. The number of nitrogens with zero attached hydrogens (tertiary/aromatic N) is 3. The molecule has 4 rings (SSSR count). The maximum absolute atomic E-state index is 13.6. The van der Waals surface area contributed by atoms with Crippen LogP contribution in [-0.4, -0.2) is 27.1 Å². The smallest absolute Gasteiger partial charge is 0.224 e. The molecule has 1 fully saturated rings. The fourth-order valence-corrected chi connectivity index (χ4v) is 3.81. The zero-order chi connectivity index (χ0) is 18.8. The molecule has 138 valence electrons. The van der Waals surface area contributed by atoms with Crippen LogP contribution in [0.5, 0.6) is 0 Å². The second-order valence-electron chi connectivity index (χ2n) is 6.80. The number of carbonyl (C=O) groups is 1. The summed E-state index contributed by atoms with van der Waals surface area (Å²) in [6.45, 7) is 1.07. The van der Waals surface area contributed by atoms with Crippen molar-refractivity contribution in [2.24, 2.45) is 0 Å². The Hall–Kier alpha value is -3.02. The van der Waals surface area contributed by atoms with Gasteiger partial charge in [0.05, 0.1) is 24.3 Å². The minimum Gasteiger partial charge on any atom is -0.336 e. The summed E-state index contributed by atoms with van der Waals surface area (Å²) in [7, 11) is 0. The Balaban J connectivity index is 1.51. The van der Waals surface area contributed by atoms with Gasteiger partial charge in [0.25, 0.3) is 0 Å². The summed E-state index contributed by atoms with van der Waals surface area (Å²) in [4.78, 5) is 26.6.